The van der Waals surface area contributed by atoms with Crippen LogP contribution in [0.25, 0.3) is 11.7 Å². The van der Waals surface area contributed by atoms with Crippen molar-refractivity contribution in [3.8, 4) is 5.75 Å². The molecule has 1 amide bonds. The van der Waals surface area contributed by atoms with Crippen LogP contribution in [-0.2, 0) is 4.79 Å². The summed E-state index contributed by atoms with van der Waals surface area (Å²) in [5, 5.41) is 11.6. The number of aromatic nitrogens is 3. The molecule has 0 aliphatic heterocycles. The third-order valence-electron chi connectivity index (χ3n) is 4.20. The van der Waals surface area contributed by atoms with E-state index in [1.54, 1.807) is 23.9 Å². The summed E-state index contributed by atoms with van der Waals surface area (Å²) in [6.07, 6.45) is 8.08. The lowest BCUT2D eigenvalue weighted by Gasteiger charge is -2.16. The summed E-state index contributed by atoms with van der Waals surface area (Å²) in [5.41, 5.74) is 1.71. The number of thioether (sulfide) groups is 1. The van der Waals surface area contributed by atoms with Gasteiger partial charge in [-0.05, 0) is 61.3 Å². The summed E-state index contributed by atoms with van der Waals surface area (Å²) in [6.45, 7) is 2.58. The number of nitrogens with one attached hydrogen (secondary N) is 1. The summed E-state index contributed by atoms with van der Waals surface area (Å²) in [4.78, 5) is 12.5. The molecular formula is C21H24N4O2S. The van der Waals surface area contributed by atoms with Gasteiger partial charge in [0.05, 0.1) is 12.6 Å². The SMILES string of the molecule is CCOc1ccc(/C=C/C(=O)NC(CCSC)c2nnc3ccccn23)cc1. The minimum atomic E-state index is -0.206. The number of carbonyl (C=O) groups is 1. The molecule has 1 unspecified atom stereocenters. The van der Waals surface area contributed by atoms with Crippen molar-refractivity contribution < 1.29 is 9.53 Å². The Morgan fingerprint density at radius 2 is 2.07 bits per heavy atom. The van der Waals surface area contributed by atoms with Crippen molar-refractivity contribution in [1.29, 1.82) is 0 Å². The van der Waals surface area contributed by atoms with E-state index in [2.05, 4.69) is 15.5 Å². The third kappa shape index (κ3) is 5.13. The maximum absolute atomic E-state index is 12.5. The Kier molecular flexibility index (Phi) is 7.08. The van der Waals surface area contributed by atoms with Crippen molar-refractivity contribution in [1.82, 2.24) is 19.9 Å². The van der Waals surface area contributed by atoms with E-state index in [4.69, 9.17) is 4.74 Å². The molecule has 0 saturated carbocycles. The van der Waals surface area contributed by atoms with E-state index in [1.165, 1.54) is 0 Å². The van der Waals surface area contributed by atoms with Gasteiger partial charge in [0, 0.05) is 12.3 Å². The first-order chi connectivity index (χ1) is 13.7. The number of ether oxygens (including phenoxy) is 1. The van der Waals surface area contributed by atoms with Crippen molar-refractivity contribution >= 4 is 29.4 Å². The van der Waals surface area contributed by atoms with Crippen molar-refractivity contribution in [2.45, 2.75) is 19.4 Å². The molecule has 0 spiro atoms. The Hall–Kier alpha value is -2.80. The molecule has 1 aromatic carbocycles. The van der Waals surface area contributed by atoms with Crippen molar-refractivity contribution in [2.24, 2.45) is 0 Å². The fourth-order valence-corrected chi connectivity index (χ4v) is 3.30. The highest BCUT2D eigenvalue weighted by Gasteiger charge is 2.19. The smallest absolute Gasteiger partial charge is 0.244 e. The second kappa shape index (κ2) is 9.94. The summed E-state index contributed by atoms with van der Waals surface area (Å²) < 4.78 is 7.35. The Morgan fingerprint density at radius 3 is 2.82 bits per heavy atom. The number of fused-ring (bicyclic) bond motifs is 1. The van der Waals surface area contributed by atoms with E-state index in [0.717, 1.165) is 35.0 Å². The average molecular weight is 397 g/mol. The molecule has 6 nitrogen and oxygen atoms in total. The number of pyridine rings is 1. The molecule has 0 aliphatic rings. The molecule has 3 rings (SSSR count). The maximum Gasteiger partial charge on any atom is 0.244 e. The fraction of sp³-hybridized carbons (Fsp3) is 0.286. The topological polar surface area (TPSA) is 68.5 Å². The van der Waals surface area contributed by atoms with Gasteiger partial charge in [-0.15, -0.1) is 10.2 Å². The van der Waals surface area contributed by atoms with Crippen molar-refractivity contribution in [3.63, 3.8) is 0 Å². The van der Waals surface area contributed by atoms with Gasteiger partial charge in [0.15, 0.2) is 11.5 Å². The van der Waals surface area contributed by atoms with Crippen LogP contribution in [0.1, 0.15) is 30.8 Å². The highest BCUT2D eigenvalue weighted by atomic mass is 32.2. The molecule has 146 valence electrons. The summed E-state index contributed by atoms with van der Waals surface area (Å²) in [7, 11) is 0. The van der Waals surface area contributed by atoms with Gasteiger partial charge >= 0.3 is 0 Å². The van der Waals surface area contributed by atoms with Gasteiger partial charge in [-0.2, -0.15) is 11.8 Å². The molecule has 0 aliphatic carbocycles. The van der Waals surface area contributed by atoms with Gasteiger partial charge in [-0.25, -0.2) is 0 Å². The molecule has 3 aromatic rings. The molecule has 2 heterocycles. The molecule has 1 atom stereocenters. The van der Waals surface area contributed by atoms with E-state index in [0.29, 0.717) is 6.61 Å². The van der Waals surface area contributed by atoms with E-state index in [1.807, 2.05) is 66.2 Å². The summed E-state index contributed by atoms with van der Waals surface area (Å²) in [6, 6.07) is 13.2. The number of hydrogen-bond acceptors (Lipinski definition) is 5. The van der Waals surface area contributed by atoms with Gasteiger partial charge in [0.1, 0.15) is 5.75 Å². The maximum atomic E-state index is 12.5. The van der Waals surface area contributed by atoms with Gasteiger partial charge in [0.25, 0.3) is 0 Å². The van der Waals surface area contributed by atoms with Crippen molar-refractivity contribution in [3.05, 3.63) is 66.1 Å². The minimum absolute atomic E-state index is 0.160. The standard InChI is InChI=1S/C21H24N4O2S/c1-3-27-17-10-7-16(8-11-17)9-12-20(26)22-18(13-15-28-2)21-24-23-19-6-4-5-14-25(19)21/h4-12,14,18H,3,13,15H2,1-2H3,(H,22,26)/b12-9+. The second-order valence-electron chi connectivity index (χ2n) is 6.17. The molecule has 0 fully saturated rings. The number of rotatable bonds is 9. The molecule has 28 heavy (non-hydrogen) atoms. The van der Waals surface area contributed by atoms with Gasteiger partial charge < -0.3 is 10.1 Å². The minimum Gasteiger partial charge on any atom is -0.494 e. The van der Waals surface area contributed by atoms with E-state index in [9.17, 15) is 4.79 Å². The summed E-state index contributed by atoms with van der Waals surface area (Å²) >= 11 is 1.74. The van der Waals surface area contributed by atoms with Crippen LogP contribution in [-0.4, -0.2) is 39.1 Å². The van der Waals surface area contributed by atoms with E-state index in [-0.39, 0.29) is 11.9 Å². The Balaban J connectivity index is 1.70. The highest BCUT2D eigenvalue weighted by Crippen LogP contribution is 2.18. The Labute approximate surface area is 169 Å². The molecule has 0 radical (unpaired) electrons. The van der Waals surface area contributed by atoms with Crippen molar-refractivity contribution in [2.75, 3.05) is 18.6 Å². The zero-order valence-corrected chi connectivity index (χ0v) is 16.9. The molecule has 7 heteroatoms. The molecule has 0 saturated heterocycles. The first-order valence-electron chi connectivity index (χ1n) is 9.21. The largest absolute Gasteiger partial charge is 0.494 e. The number of carbonyl (C=O) groups excluding carboxylic acids is 1. The van der Waals surface area contributed by atoms with Crippen LogP contribution < -0.4 is 10.1 Å². The average Bonchev–Trinajstić information content (AvgIpc) is 3.15. The first-order valence-corrected chi connectivity index (χ1v) is 10.6. The lowest BCUT2D eigenvalue weighted by molar-refractivity contribution is -0.117. The quantitative estimate of drug-likeness (QED) is 0.558. The molecule has 0 bridgehead atoms. The third-order valence-corrected chi connectivity index (χ3v) is 4.84. The fourth-order valence-electron chi connectivity index (χ4n) is 2.83. The van der Waals surface area contributed by atoms with E-state index >= 15 is 0 Å². The zero-order valence-electron chi connectivity index (χ0n) is 16.0. The predicted molar refractivity (Wildman–Crippen MR) is 114 cm³/mol. The second-order valence-corrected chi connectivity index (χ2v) is 7.15. The lowest BCUT2D eigenvalue weighted by atomic mass is 10.2. The monoisotopic (exact) mass is 396 g/mol. The predicted octanol–water partition coefficient (Wildman–Crippen LogP) is 3.75. The number of amides is 1. The van der Waals surface area contributed by atoms with Crippen LogP contribution >= 0.6 is 11.8 Å². The Morgan fingerprint density at radius 1 is 1.25 bits per heavy atom. The van der Waals surface area contributed by atoms with Gasteiger partial charge in [-0.1, -0.05) is 18.2 Å². The van der Waals surface area contributed by atoms with Crippen LogP contribution in [0.3, 0.4) is 0 Å². The van der Waals surface area contributed by atoms with Gasteiger partial charge in [-0.3, -0.25) is 9.20 Å². The lowest BCUT2D eigenvalue weighted by Crippen LogP contribution is -2.29. The highest BCUT2D eigenvalue weighted by molar-refractivity contribution is 7.98. The zero-order chi connectivity index (χ0) is 19.8. The number of hydrogen-bond donors (Lipinski definition) is 1. The molecule has 1 N–H and O–H groups in total. The van der Waals surface area contributed by atoms with Crippen LogP contribution in [0.2, 0.25) is 0 Å². The number of benzene rings is 1. The van der Waals surface area contributed by atoms with Gasteiger partial charge in [0.2, 0.25) is 5.91 Å². The molecule has 2 aromatic heterocycles. The normalized spacial score (nSPS) is 12.4. The number of nitrogens with zero attached hydrogens (tertiary/aromatic N) is 3. The first kappa shape index (κ1) is 19.9. The summed E-state index contributed by atoms with van der Waals surface area (Å²) in [5.74, 6) is 2.31. The van der Waals surface area contributed by atoms with Crippen LogP contribution in [0.5, 0.6) is 5.75 Å². The Bertz CT molecular complexity index is 937. The van der Waals surface area contributed by atoms with Crippen LogP contribution in [0.15, 0.2) is 54.7 Å². The van der Waals surface area contributed by atoms with Crippen LogP contribution in [0.4, 0.5) is 0 Å². The molecular weight excluding hydrogens is 372 g/mol. The van der Waals surface area contributed by atoms with E-state index < -0.39 is 0 Å². The van der Waals surface area contributed by atoms with Crippen LogP contribution in [0, 0.1) is 0 Å².